The lowest BCUT2D eigenvalue weighted by atomic mass is 10.1. The van der Waals surface area contributed by atoms with E-state index >= 15 is 0 Å². The summed E-state index contributed by atoms with van der Waals surface area (Å²) in [5.41, 5.74) is 2.46. The largest absolute Gasteiger partial charge is 0.481 e. The smallest absolute Gasteiger partial charge is 0.352 e. The van der Waals surface area contributed by atoms with Gasteiger partial charge in [0.1, 0.15) is 5.69 Å². The van der Waals surface area contributed by atoms with Gasteiger partial charge in [-0.15, -0.1) is 0 Å². The van der Waals surface area contributed by atoms with E-state index in [2.05, 4.69) is 9.97 Å². The monoisotopic (exact) mass is 268 g/mol. The van der Waals surface area contributed by atoms with Crippen LogP contribution < -0.4 is 4.74 Å². The van der Waals surface area contributed by atoms with Gasteiger partial charge < -0.3 is 14.8 Å². The standard InChI is InChI=1S/C15H12N2O3/c1-20-14-11(10-7-13(15(18)19)16-8-10)6-9-4-2-3-5-12(9)17-14/h2-8,16H,1H3,(H,18,19). The van der Waals surface area contributed by atoms with Gasteiger partial charge in [-0.3, -0.25) is 0 Å². The van der Waals surface area contributed by atoms with E-state index in [0.29, 0.717) is 5.88 Å². The first-order valence-corrected chi connectivity index (χ1v) is 6.05. The highest BCUT2D eigenvalue weighted by molar-refractivity contribution is 5.90. The Labute approximate surface area is 114 Å². The van der Waals surface area contributed by atoms with Crippen molar-refractivity contribution < 1.29 is 14.6 Å². The summed E-state index contributed by atoms with van der Waals surface area (Å²) in [6, 6.07) is 11.2. The molecule has 0 saturated carbocycles. The molecule has 0 spiro atoms. The number of carboxylic acids is 1. The number of nitrogens with one attached hydrogen (secondary N) is 1. The number of hydrogen-bond donors (Lipinski definition) is 2. The van der Waals surface area contributed by atoms with E-state index < -0.39 is 5.97 Å². The molecular weight excluding hydrogens is 256 g/mol. The van der Waals surface area contributed by atoms with Crippen LogP contribution >= 0.6 is 0 Å². The van der Waals surface area contributed by atoms with Crippen molar-refractivity contribution in [2.24, 2.45) is 0 Å². The number of methoxy groups -OCH3 is 1. The Balaban J connectivity index is 2.20. The minimum absolute atomic E-state index is 0.134. The summed E-state index contributed by atoms with van der Waals surface area (Å²) in [6.07, 6.45) is 1.64. The molecule has 0 bridgehead atoms. The number of benzene rings is 1. The minimum Gasteiger partial charge on any atom is -0.481 e. The lowest BCUT2D eigenvalue weighted by Crippen LogP contribution is -1.95. The zero-order valence-corrected chi connectivity index (χ0v) is 10.8. The molecule has 0 saturated heterocycles. The number of H-pyrrole nitrogens is 1. The summed E-state index contributed by atoms with van der Waals surface area (Å²) < 4.78 is 5.31. The highest BCUT2D eigenvalue weighted by Crippen LogP contribution is 2.31. The van der Waals surface area contributed by atoms with Crippen LogP contribution in [0.3, 0.4) is 0 Å². The summed E-state index contributed by atoms with van der Waals surface area (Å²) in [5.74, 6) is -0.524. The first kappa shape index (κ1) is 12.2. The molecule has 0 aliphatic rings. The molecule has 5 heteroatoms. The Bertz CT molecular complexity index is 793. The van der Waals surface area contributed by atoms with Crippen LogP contribution in [-0.4, -0.2) is 28.2 Å². The Kier molecular flexibility index (Phi) is 2.87. The van der Waals surface area contributed by atoms with E-state index in [9.17, 15) is 4.79 Å². The van der Waals surface area contributed by atoms with Gasteiger partial charge in [-0.25, -0.2) is 9.78 Å². The second kappa shape index (κ2) is 4.70. The zero-order valence-electron chi connectivity index (χ0n) is 10.8. The molecule has 0 radical (unpaired) electrons. The van der Waals surface area contributed by atoms with Gasteiger partial charge in [-0.05, 0) is 18.2 Å². The molecule has 1 aromatic carbocycles. The van der Waals surface area contributed by atoms with Crippen LogP contribution in [0, 0.1) is 0 Å². The lowest BCUT2D eigenvalue weighted by Gasteiger charge is -2.07. The van der Waals surface area contributed by atoms with Gasteiger partial charge in [0.15, 0.2) is 0 Å². The molecule has 3 aromatic rings. The van der Waals surface area contributed by atoms with Crippen molar-refractivity contribution >= 4 is 16.9 Å². The number of aromatic carboxylic acids is 1. The average molecular weight is 268 g/mol. The quantitative estimate of drug-likeness (QED) is 0.765. The van der Waals surface area contributed by atoms with E-state index in [1.165, 1.54) is 0 Å². The molecule has 0 amide bonds. The second-order valence-corrected chi connectivity index (χ2v) is 4.35. The molecule has 2 heterocycles. The van der Waals surface area contributed by atoms with Gasteiger partial charge in [0.2, 0.25) is 5.88 Å². The molecule has 5 nitrogen and oxygen atoms in total. The first-order valence-electron chi connectivity index (χ1n) is 6.05. The Hall–Kier alpha value is -2.82. The summed E-state index contributed by atoms with van der Waals surface area (Å²) in [7, 11) is 1.55. The summed E-state index contributed by atoms with van der Waals surface area (Å²) in [6.45, 7) is 0. The van der Waals surface area contributed by atoms with Crippen LogP contribution in [0.1, 0.15) is 10.5 Å². The van der Waals surface area contributed by atoms with Gasteiger partial charge in [0, 0.05) is 22.7 Å². The van der Waals surface area contributed by atoms with Crippen LogP contribution in [-0.2, 0) is 0 Å². The number of nitrogens with zero attached hydrogens (tertiary/aromatic N) is 1. The van der Waals surface area contributed by atoms with E-state index in [-0.39, 0.29) is 5.69 Å². The van der Waals surface area contributed by atoms with Gasteiger partial charge in [-0.1, -0.05) is 18.2 Å². The third-order valence-corrected chi connectivity index (χ3v) is 3.11. The van der Waals surface area contributed by atoms with E-state index in [4.69, 9.17) is 9.84 Å². The first-order chi connectivity index (χ1) is 9.69. The number of para-hydroxylation sites is 1. The van der Waals surface area contributed by atoms with Crippen LogP contribution in [0.5, 0.6) is 5.88 Å². The number of hydrogen-bond acceptors (Lipinski definition) is 3. The second-order valence-electron chi connectivity index (χ2n) is 4.35. The molecule has 2 aromatic heterocycles. The molecule has 0 aliphatic carbocycles. The number of ether oxygens (including phenoxy) is 1. The highest BCUT2D eigenvalue weighted by atomic mass is 16.5. The molecule has 20 heavy (non-hydrogen) atoms. The molecule has 0 unspecified atom stereocenters. The summed E-state index contributed by atoms with van der Waals surface area (Å²) >= 11 is 0. The zero-order chi connectivity index (χ0) is 14.1. The number of fused-ring (bicyclic) bond motifs is 1. The van der Waals surface area contributed by atoms with E-state index in [0.717, 1.165) is 22.0 Å². The Morgan fingerprint density at radius 3 is 2.80 bits per heavy atom. The van der Waals surface area contributed by atoms with Gasteiger partial charge in [-0.2, -0.15) is 0 Å². The van der Waals surface area contributed by atoms with E-state index in [1.54, 1.807) is 19.4 Å². The number of aromatic amines is 1. The van der Waals surface area contributed by atoms with Crippen LogP contribution in [0.15, 0.2) is 42.6 Å². The SMILES string of the molecule is COc1nc2ccccc2cc1-c1c[nH]c(C(=O)O)c1. The predicted molar refractivity (Wildman–Crippen MR) is 75.0 cm³/mol. The van der Waals surface area contributed by atoms with Crippen molar-refractivity contribution in [2.45, 2.75) is 0 Å². The third kappa shape index (κ3) is 1.99. The van der Waals surface area contributed by atoms with Crippen molar-refractivity contribution in [3.8, 4) is 17.0 Å². The maximum atomic E-state index is 10.9. The minimum atomic E-state index is -0.996. The number of pyridine rings is 1. The molecule has 0 atom stereocenters. The fraction of sp³-hybridized carbons (Fsp3) is 0.0667. The lowest BCUT2D eigenvalue weighted by molar-refractivity contribution is 0.0691. The number of aromatic nitrogens is 2. The van der Waals surface area contributed by atoms with Crippen molar-refractivity contribution in [2.75, 3.05) is 7.11 Å². The van der Waals surface area contributed by atoms with E-state index in [1.807, 2.05) is 30.3 Å². The fourth-order valence-corrected chi connectivity index (χ4v) is 2.13. The molecule has 2 N–H and O–H groups in total. The molecular formula is C15H12N2O3. The fourth-order valence-electron chi connectivity index (χ4n) is 2.13. The number of rotatable bonds is 3. The van der Waals surface area contributed by atoms with Crippen molar-refractivity contribution in [3.63, 3.8) is 0 Å². The number of carbonyl (C=O) groups is 1. The molecule has 3 rings (SSSR count). The van der Waals surface area contributed by atoms with Gasteiger partial charge in [0.25, 0.3) is 0 Å². The van der Waals surface area contributed by atoms with Crippen LogP contribution in [0.25, 0.3) is 22.0 Å². The van der Waals surface area contributed by atoms with Crippen LogP contribution in [0.4, 0.5) is 0 Å². The average Bonchev–Trinajstić information content (AvgIpc) is 2.95. The summed E-state index contributed by atoms with van der Waals surface area (Å²) in [4.78, 5) is 18.1. The molecule has 100 valence electrons. The van der Waals surface area contributed by atoms with Gasteiger partial charge in [0.05, 0.1) is 12.6 Å². The van der Waals surface area contributed by atoms with Gasteiger partial charge >= 0.3 is 5.97 Å². The van der Waals surface area contributed by atoms with Crippen molar-refractivity contribution in [1.29, 1.82) is 0 Å². The third-order valence-electron chi connectivity index (χ3n) is 3.11. The molecule has 0 fully saturated rings. The van der Waals surface area contributed by atoms with Crippen LogP contribution in [0.2, 0.25) is 0 Å². The normalized spacial score (nSPS) is 10.7. The number of carboxylic acid groups (broad SMARTS) is 1. The predicted octanol–water partition coefficient (Wildman–Crippen LogP) is 2.94. The maximum Gasteiger partial charge on any atom is 0.352 e. The molecule has 0 aliphatic heterocycles. The summed E-state index contributed by atoms with van der Waals surface area (Å²) in [5, 5.41) is 9.94. The van der Waals surface area contributed by atoms with Crippen molar-refractivity contribution in [1.82, 2.24) is 9.97 Å². The Morgan fingerprint density at radius 1 is 1.30 bits per heavy atom. The highest BCUT2D eigenvalue weighted by Gasteiger charge is 2.13. The Morgan fingerprint density at radius 2 is 2.10 bits per heavy atom. The maximum absolute atomic E-state index is 10.9. The van der Waals surface area contributed by atoms with Crippen molar-refractivity contribution in [3.05, 3.63) is 48.3 Å². The topological polar surface area (TPSA) is 75.2 Å².